The number of allylic oxidation sites excluding steroid dienone is 2. The molecule has 0 spiro atoms. The monoisotopic (exact) mass is 163 g/mol. The summed E-state index contributed by atoms with van der Waals surface area (Å²) in [4.78, 5) is 4.45. The number of likely N-dealkylation sites (N-methyl/N-ethyl adjacent to an activating group) is 1. The van der Waals surface area contributed by atoms with E-state index in [0.717, 1.165) is 0 Å². The molecule has 0 saturated carbocycles. The van der Waals surface area contributed by atoms with E-state index in [-0.39, 0.29) is 5.66 Å². The van der Waals surface area contributed by atoms with Gasteiger partial charge in [0.15, 0.2) is 5.66 Å². The molecule has 3 heteroatoms. The van der Waals surface area contributed by atoms with Gasteiger partial charge in [-0.25, -0.2) is 0 Å². The van der Waals surface area contributed by atoms with Crippen molar-refractivity contribution in [3.8, 4) is 0 Å². The van der Waals surface area contributed by atoms with Gasteiger partial charge in [-0.3, -0.25) is 4.99 Å². The first kappa shape index (κ1) is 7.55. The highest BCUT2D eigenvalue weighted by Crippen LogP contribution is 2.33. The number of aliphatic imine (C=N–C) groups is 1. The Bertz CT molecular complexity index is 301. The van der Waals surface area contributed by atoms with E-state index in [4.69, 9.17) is 0 Å². The van der Waals surface area contributed by atoms with Crippen LogP contribution < -0.4 is 5.43 Å². The Hall–Kier alpha value is -1.09. The summed E-state index contributed by atoms with van der Waals surface area (Å²) in [6.45, 7) is 4.17. The third-order valence-corrected chi connectivity index (χ3v) is 2.58. The molecule has 1 unspecified atom stereocenters. The normalized spacial score (nSPS) is 33.9. The maximum Gasteiger partial charge on any atom is 0.153 e. The molecule has 0 bridgehead atoms. The smallest absolute Gasteiger partial charge is 0.153 e. The lowest BCUT2D eigenvalue weighted by molar-refractivity contribution is 0.165. The molecule has 0 saturated heterocycles. The molecule has 0 amide bonds. The SMILES string of the molecule is CC1=C2C=CC=NC2(C)N(C)N1. The Morgan fingerprint density at radius 2 is 2.33 bits per heavy atom. The molecule has 0 aliphatic carbocycles. The second kappa shape index (κ2) is 2.20. The number of hydrazine groups is 1. The predicted molar refractivity (Wildman–Crippen MR) is 49.6 cm³/mol. The molecule has 0 aromatic rings. The third-order valence-electron chi connectivity index (χ3n) is 2.58. The first-order valence-corrected chi connectivity index (χ1v) is 4.08. The molecule has 0 aromatic heterocycles. The van der Waals surface area contributed by atoms with Gasteiger partial charge in [-0.2, -0.15) is 5.01 Å². The summed E-state index contributed by atoms with van der Waals surface area (Å²) < 4.78 is 0. The summed E-state index contributed by atoms with van der Waals surface area (Å²) in [5.74, 6) is 0. The van der Waals surface area contributed by atoms with E-state index in [9.17, 15) is 0 Å². The zero-order valence-corrected chi connectivity index (χ0v) is 7.63. The van der Waals surface area contributed by atoms with Crippen LogP contribution in [0.25, 0.3) is 0 Å². The van der Waals surface area contributed by atoms with Gasteiger partial charge in [0, 0.05) is 24.5 Å². The fourth-order valence-corrected chi connectivity index (χ4v) is 1.72. The van der Waals surface area contributed by atoms with Gasteiger partial charge in [0.1, 0.15) is 0 Å². The van der Waals surface area contributed by atoms with Gasteiger partial charge in [0.25, 0.3) is 0 Å². The van der Waals surface area contributed by atoms with Crippen LogP contribution in [0.15, 0.2) is 28.4 Å². The minimum atomic E-state index is -0.196. The van der Waals surface area contributed by atoms with Crippen LogP contribution in [-0.4, -0.2) is 23.9 Å². The van der Waals surface area contributed by atoms with Crippen molar-refractivity contribution in [3.05, 3.63) is 23.4 Å². The molecule has 2 heterocycles. The Morgan fingerprint density at radius 3 is 3.00 bits per heavy atom. The van der Waals surface area contributed by atoms with Crippen LogP contribution in [0.4, 0.5) is 0 Å². The molecular formula is C9H13N3. The number of rotatable bonds is 0. The zero-order chi connectivity index (χ0) is 8.77. The van der Waals surface area contributed by atoms with Crippen LogP contribution >= 0.6 is 0 Å². The Labute approximate surface area is 72.4 Å². The van der Waals surface area contributed by atoms with Crippen LogP contribution in [0.5, 0.6) is 0 Å². The molecule has 2 aliphatic heterocycles. The number of nitrogens with zero attached hydrogens (tertiary/aromatic N) is 2. The maximum absolute atomic E-state index is 4.45. The summed E-state index contributed by atoms with van der Waals surface area (Å²) in [6, 6.07) is 0. The highest BCUT2D eigenvalue weighted by Gasteiger charge is 2.39. The molecule has 2 aliphatic rings. The van der Waals surface area contributed by atoms with Crippen molar-refractivity contribution < 1.29 is 0 Å². The van der Waals surface area contributed by atoms with E-state index in [1.165, 1.54) is 11.3 Å². The second-order valence-corrected chi connectivity index (χ2v) is 3.37. The summed E-state index contributed by atoms with van der Waals surface area (Å²) in [5.41, 5.74) is 5.50. The van der Waals surface area contributed by atoms with Gasteiger partial charge >= 0.3 is 0 Å². The van der Waals surface area contributed by atoms with E-state index < -0.39 is 0 Å². The first-order chi connectivity index (χ1) is 5.64. The molecule has 3 nitrogen and oxygen atoms in total. The number of hydrogen-bond acceptors (Lipinski definition) is 3. The van der Waals surface area contributed by atoms with E-state index in [2.05, 4.69) is 30.3 Å². The van der Waals surface area contributed by atoms with Gasteiger partial charge in [-0.05, 0) is 19.9 Å². The van der Waals surface area contributed by atoms with Gasteiger partial charge < -0.3 is 5.43 Å². The van der Waals surface area contributed by atoms with Crippen molar-refractivity contribution in [2.24, 2.45) is 4.99 Å². The van der Waals surface area contributed by atoms with Crippen molar-refractivity contribution in [1.82, 2.24) is 10.4 Å². The minimum absolute atomic E-state index is 0.196. The minimum Gasteiger partial charge on any atom is -0.321 e. The molecule has 12 heavy (non-hydrogen) atoms. The van der Waals surface area contributed by atoms with Gasteiger partial charge in [0.05, 0.1) is 0 Å². The molecule has 0 radical (unpaired) electrons. The molecule has 2 rings (SSSR count). The van der Waals surface area contributed by atoms with Gasteiger partial charge in [-0.15, -0.1) is 0 Å². The summed E-state index contributed by atoms with van der Waals surface area (Å²) >= 11 is 0. The van der Waals surface area contributed by atoms with Crippen LogP contribution in [0.1, 0.15) is 13.8 Å². The topological polar surface area (TPSA) is 27.6 Å². The molecule has 64 valence electrons. The maximum atomic E-state index is 4.45. The quantitative estimate of drug-likeness (QED) is 0.578. The van der Waals surface area contributed by atoms with Gasteiger partial charge in [0.2, 0.25) is 0 Å². The van der Waals surface area contributed by atoms with Crippen LogP contribution in [0.2, 0.25) is 0 Å². The van der Waals surface area contributed by atoms with Gasteiger partial charge in [-0.1, -0.05) is 6.08 Å². The number of hydrogen-bond donors (Lipinski definition) is 1. The molecule has 1 N–H and O–H groups in total. The van der Waals surface area contributed by atoms with E-state index in [1.807, 2.05) is 24.3 Å². The van der Waals surface area contributed by atoms with E-state index in [0.29, 0.717) is 0 Å². The van der Waals surface area contributed by atoms with Crippen molar-refractivity contribution in [3.63, 3.8) is 0 Å². The fourth-order valence-electron chi connectivity index (χ4n) is 1.72. The largest absolute Gasteiger partial charge is 0.321 e. The number of dihydropyridines is 1. The van der Waals surface area contributed by atoms with E-state index in [1.54, 1.807) is 0 Å². The van der Waals surface area contributed by atoms with Crippen LogP contribution in [0.3, 0.4) is 0 Å². The summed E-state index contributed by atoms with van der Waals surface area (Å²) in [6.07, 6.45) is 5.93. The van der Waals surface area contributed by atoms with Crippen molar-refractivity contribution in [2.75, 3.05) is 7.05 Å². The Morgan fingerprint density at radius 1 is 1.58 bits per heavy atom. The zero-order valence-electron chi connectivity index (χ0n) is 7.63. The molecule has 0 fully saturated rings. The first-order valence-electron chi connectivity index (χ1n) is 4.08. The highest BCUT2D eigenvalue weighted by atomic mass is 15.6. The Kier molecular flexibility index (Phi) is 1.38. The van der Waals surface area contributed by atoms with E-state index >= 15 is 0 Å². The average molecular weight is 163 g/mol. The number of fused-ring (bicyclic) bond motifs is 1. The molecule has 0 aromatic carbocycles. The Balaban J connectivity index is 2.51. The average Bonchev–Trinajstić information content (AvgIpc) is 2.25. The lowest BCUT2D eigenvalue weighted by atomic mass is 9.99. The van der Waals surface area contributed by atoms with Crippen LogP contribution in [-0.2, 0) is 0 Å². The summed E-state index contributed by atoms with van der Waals surface area (Å²) in [5, 5.41) is 2.03. The van der Waals surface area contributed by atoms with Crippen molar-refractivity contribution in [2.45, 2.75) is 19.5 Å². The molecular weight excluding hydrogens is 150 g/mol. The molecule has 1 atom stereocenters. The lowest BCUT2D eigenvalue weighted by Crippen LogP contribution is -2.44. The predicted octanol–water partition coefficient (Wildman–Crippen LogP) is 1.07. The highest BCUT2D eigenvalue weighted by molar-refractivity contribution is 5.75. The van der Waals surface area contributed by atoms with Crippen LogP contribution in [0, 0.1) is 0 Å². The lowest BCUT2D eigenvalue weighted by Gasteiger charge is -2.30. The number of nitrogens with one attached hydrogen (secondary N) is 1. The second-order valence-electron chi connectivity index (χ2n) is 3.37. The fraction of sp³-hybridized carbons (Fsp3) is 0.444. The standard InChI is InChI=1S/C9H13N3/c1-7-8-5-4-6-10-9(8,2)12(3)11-7/h4-6,11H,1-3H3. The summed E-state index contributed by atoms with van der Waals surface area (Å²) in [7, 11) is 2.01. The van der Waals surface area contributed by atoms with Crippen molar-refractivity contribution >= 4 is 6.21 Å². The third kappa shape index (κ3) is 0.770. The van der Waals surface area contributed by atoms with Crippen molar-refractivity contribution in [1.29, 1.82) is 0 Å².